The summed E-state index contributed by atoms with van der Waals surface area (Å²) < 4.78 is 0. The molecule has 3 nitrogen and oxygen atoms in total. The van der Waals surface area contributed by atoms with Crippen LogP contribution in [0.4, 0.5) is 0 Å². The van der Waals surface area contributed by atoms with Gasteiger partial charge >= 0.3 is 0 Å². The zero-order valence-corrected chi connectivity index (χ0v) is 11.6. The van der Waals surface area contributed by atoms with E-state index >= 15 is 0 Å². The lowest BCUT2D eigenvalue weighted by atomic mass is 10.0. The zero-order valence-electron chi connectivity index (χ0n) is 11.6. The molecule has 3 heteroatoms. The number of aryl methyl sites for hydroxylation is 2. The van der Waals surface area contributed by atoms with Crippen molar-refractivity contribution in [1.29, 1.82) is 0 Å². The van der Waals surface area contributed by atoms with Crippen molar-refractivity contribution < 1.29 is 4.79 Å². The number of fused-ring (bicyclic) bond motifs is 1. The molecule has 19 heavy (non-hydrogen) atoms. The van der Waals surface area contributed by atoms with E-state index in [4.69, 9.17) is 0 Å². The molecule has 0 saturated carbocycles. The highest BCUT2D eigenvalue weighted by Crippen LogP contribution is 2.23. The number of piperazine rings is 1. The predicted molar refractivity (Wildman–Crippen MR) is 76.0 cm³/mol. The first kappa shape index (κ1) is 12.7. The first-order valence-corrected chi connectivity index (χ1v) is 7.41. The quantitative estimate of drug-likeness (QED) is 0.898. The number of hydrogen-bond donors (Lipinski definition) is 1. The summed E-state index contributed by atoms with van der Waals surface area (Å²) in [6, 6.07) is 6.77. The molecule has 1 aromatic rings. The number of benzene rings is 1. The smallest absolute Gasteiger partial charge is 0.240 e. The van der Waals surface area contributed by atoms with Gasteiger partial charge in [-0.1, -0.05) is 25.1 Å². The third-order valence-electron chi connectivity index (χ3n) is 4.33. The van der Waals surface area contributed by atoms with E-state index in [1.54, 1.807) is 0 Å². The highest BCUT2D eigenvalue weighted by atomic mass is 16.2. The van der Waals surface area contributed by atoms with Crippen LogP contribution >= 0.6 is 0 Å². The minimum absolute atomic E-state index is 0.0168. The van der Waals surface area contributed by atoms with Crippen molar-refractivity contribution in [1.82, 2.24) is 10.2 Å². The fourth-order valence-corrected chi connectivity index (χ4v) is 3.21. The van der Waals surface area contributed by atoms with Gasteiger partial charge in [0, 0.05) is 19.6 Å². The second-order valence-corrected chi connectivity index (χ2v) is 5.63. The Bertz CT molecular complexity index is 484. The lowest BCUT2D eigenvalue weighted by molar-refractivity contribution is -0.136. The lowest BCUT2D eigenvalue weighted by Crippen LogP contribution is -2.54. The van der Waals surface area contributed by atoms with Crippen LogP contribution in [0.2, 0.25) is 0 Å². The topological polar surface area (TPSA) is 32.3 Å². The van der Waals surface area contributed by atoms with Gasteiger partial charge in [0.05, 0.1) is 6.04 Å². The number of nitrogens with one attached hydrogen (secondary N) is 1. The number of hydrogen-bond acceptors (Lipinski definition) is 2. The molecule has 0 bridgehead atoms. The first-order chi connectivity index (χ1) is 9.28. The molecule has 1 aromatic carbocycles. The van der Waals surface area contributed by atoms with Gasteiger partial charge in [-0.25, -0.2) is 0 Å². The molecular weight excluding hydrogens is 236 g/mol. The molecular formula is C16H22N2O. The van der Waals surface area contributed by atoms with Gasteiger partial charge in [-0.3, -0.25) is 4.79 Å². The minimum Gasteiger partial charge on any atom is -0.336 e. The van der Waals surface area contributed by atoms with E-state index in [-0.39, 0.29) is 11.9 Å². The van der Waals surface area contributed by atoms with Crippen LogP contribution in [0.25, 0.3) is 0 Å². The van der Waals surface area contributed by atoms with Gasteiger partial charge in [-0.05, 0) is 42.4 Å². The van der Waals surface area contributed by atoms with Crippen LogP contribution in [-0.4, -0.2) is 29.9 Å². The molecule has 1 amide bonds. The SMILES string of the molecule is CCC1NCCN(Cc2ccc3c(c2)CCC3)C1=O. The van der Waals surface area contributed by atoms with Crippen LogP contribution in [0.3, 0.4) is 0 Å². The van der Waals surface area contributed by atoms with Crippen LogP contribution in [0, 0.1) is 0 Å². The number of carbonyl (C=O) groups is 1. The monoisotopic (exact) mass is 258 g/mol. The van der Waals surface area contributed by atoms with E-state index in [0.717, 1.165) is 26.1 Å². The predicted octanol–water partition coefficient (Wildman–Crippen LogP) is 1.89. The van der Waals surface area contributed by atoms with Gasteiger partial charge in [0.1, 0.15) is 0 Å². The molecule has 1 N–H and O–H groups in total. The summed E-state index contributed by atoms with van der Waals surface area (Å²) in [5.41, 5.74) is 4.28. The van der Waals surface area contributed by atoms with E-state index in [1.807, 2.05) is 4.90 Å². The van der Waals surface area contributed by atoms with Crippen molar-refractivity contribution in [3.05, 3.63) is 34.9 Å². The molecule has 0 aromatic heterocycles. The molecule has 3 rings (SSSR count). The highest BCUT2D eigenvalue weighted by molar-refractivity contribution is 5.82. The van der Waals surface area contributed by atoms with Gasteiger partial charge in [0.15, 0.2) is 0 Å². The van der Waals surface area contributed by atoms with Gasteiger partial charge in [0.2, 0.25) is 5.91 Å². The Hall–Kier alpha value is -1.35. The second-order valence-electron chi connectivity index (χ2n) is 5.63. The lowest BCUT2D eigenvalue weighted by Gasteiger charge is -2.33. The summed E-state index contributed by atoms with van der Waals surface area (Å²) in [7, 11) is 0. The second kappa shape index (κ2) is 5.33. The zero-order chi connectivity index (χ0) is 13.2. The number of amides is 1. The van der Waals surface area contributed by atoms with Crippen LogP contribution in [-0.2, 0) is 24.2 Å². The number of rotatable bonds is 3. The molecule has 2 aliphatic rings. The van der Waals surface area contributed by atoms with Crippen molar-refractivity contribution in [2.45, 2.75) is 45.2 Å². The number of carbonyl (C=O) groups excluding carboxylic acids is 1. The molecule has 1 atom stereocenters. The largest absolute Gasteiger partial charge is 0.336 e. The van der Waals surface area contributed by atoms with E-state index in [9.17, 15) is 4.79 Å². The van der Waals surface area contributed by atoms with Crippen molar-refractivity contribution in [3.63, 3.8) is 0 Å². The average molecular weight is 258 g/mol. The summed E-state index contributed by atoms with van der Waals surface area (Å²) in [5, 5.41) is 3.28. The van der Waals surface area contributed by atoms with Gasteiger partial charge in [-0.15, -0.1) is 0 Å². The van der Waals surface area contributed by atoms with Crippen molar-refractivity contribution >= 4 is 5.91 Å². The third kappa shape index (κ3) is 2.52. The van der Waals surface area contributed by atoms with Gasteiger partial charge < -0.3 is 10.2 Å². The Morgan fingerprint density at radius 2 is 2.16 bits per heavy atom. The van der Waals surface area contributed by atoms with E-state index in [2.05, 4.69) is 30.4 Å². The maximum atomic E-state index is 12.3. The Morgan fingerprint density at radius 3 is 3.00 bits per heavy atom. The summed E-state index contributed by atoms with van der Waals surface area (Å²) in [5.74, 6) is 0.259. The first-order valence-electron chi connectivity index (χ1n) is 7.41. The number of nitrogens with zero attached hydrogens (tertiary/aromatic N) is 1. The summed E-state index contributed by atoms with van der Waals surface area (Å²) in [6.07, 6.45) is 4.58. The Kier molecular flexibility index (Phi) is 3.56. The maximum Gasteiger partial charge on any atom is 0.240 e. The van der Waals surface area contributed by atoms with Gasteiger partial charge in [0.25, 0.3) is 0 Å². The molecule has 1 unspecified atom stereocenters. The Morgan fingerprint density at radius 1 is 1.32 bits per heavy atom. The fraction of sp³-hybridized carbons (Fsp3) is 0.562. The van der Waals surface area contributed by atoms with E-state index < -0.39 is 0 Å². The van der Waals surface area contributed by atoms with Gasteiger partial charge in [-0.2, -0.15) is 0 Å². The summed E-state index contributed by atoms with van der Waals surface area (Å²) in [4.78, 5) is 14.3. The molecule has 1 heterocycles. The third-order valence-corrected chi connectivity index (χ3v) is 4.33. The van der Waals surface area contributed by atoms with Crippen LogP contribution in [0.1, 0.15) is 36.5 Å². The molecule has 1 fully saturated rings. The Labute approximate surface area is 115 Å². The van der Waals surface area contributed by atoms with Crippen LogP contribution < -0.4 is 5.32 Å². The molecule has 1 aliphatic carbocycles. The molecule has 1 aliphatic heterocycles. The van der Waals surface area contributed by atoms with Crippen LogP contribution in [0.5, 0.6) is 0 Å². The van der Waals surface area contributed by atoms with E-state index in [0.29, 0.717) is 0 Å². The van der Waals surface area contributed by atoms with Crippen molar-refractivity contribution in [3.8, 4) is 0 Å². The van der Waals surface area contributed by atoms with Crippen LogP contribution in [0.15, 0.2) is 18.2 Å². The minimum atomic E-state index is 0.0168. The molecule has 0 radical (unpaired) electrons. The summed E-state index contributed by atoms with van der Waals surface area (Å²) >= 11 is 0. The normalized spacial score (nSPS) is 22.7. The highest BCUT2D eigenvalue weighted by Gasteiger charge is 2.26. The van der Waals surface area contributed by atoms with Crippen molar-refractivity contribution in [2.75, 3.05) is 13.1 Å². The molecule has 0 spiro atoms. The molecule has 1 saturated heterocycles. The average Bonchev–Trinajstić information content (AvgIpc) is 2.88. The molecule has 102 valence electrons. The van der Waals surface area contributed by atoms with Crippen molar-refractivity contribution in [2.24, 2.45) is 0 Å². The summed E-state index contributed by atoms with van der Waals surface area (Å²) in [6.45, 7) is 4.57. The standard InChI is InChI=1S/C16H22N2O/c1-2-15-16(19)18(9-8-17-15)11-12-6-7-13-4-3-5-14(13)10-12/h6-7,10,15,17H,2-5,8-9,11H2,1H3. The maximum absolute atomic E-state index is 12.3. The van der Waals surface area contributed by atoms with E-state index in [1.165, 1.54) is 36.0 Å². The Balaban J connectivity index is 1.72. The fourth-order valence-electron chi connectivity index (χ4n) is 3.21.